The summed E-state index contributed by atoms with van der Waals surface area (Å²) in [5.74, 6) is 1.87. The molecule has 31 heavy (non-hydrogen) atoms. The van der Waals surface area contributed by atoms with Crippen molar-refractivity contribution in [2.24, 2.45) is 0 Å². The molecule has 1 amide bonds. The number of imidazole rings is 1. The van der Waals surface area contributed by atoms with Crippen LogP contribution in [0.2, 0.25) is 0 Å². The quantitative estimate of drug-likeness (QED) is 0.388. The number of hydrogen-bond acceptors (Lipinski definition) is 4. The SMILES string of the molecule is Cc1cccc(C)c1OCCCCn1c(CNC(=O)c2ccco2)nc2ccccc21. The van der Waals surface area contributed by atoms with E-state index < -0.39 is 0 Å². The highest BCUT2D eigenvalue weighted by Gasteiger charge is 2.13. The van der Waals surface area contributed by atoms with E-state index >= 15 is 0 Å². The topological polar surface area (TPSA) is 69.3 Å². The van der Waals surface area contributed by atoms with Crippen molar-refractivity contribution in [2.45, 2.75) is 39.8 Å². The third-order valence-corrected chi connectivity index (χ3v) is 5.32. The summed E-state index contributed by atoms with van der Waals surface area (Å²) in [6, 6.07) is 17.6. The molecule has 160 valence electrons. The molecule has 0 saturated carbocycles. The Bertz CT molecular complexity index is 1140. The van der Waals surface area contributed by atoms with Crippen molar-refractivity contribution in [3.8, 4) is 5.75 Å². The zero-order valence-corrected chi connectivity index (χ0v) is 17.9. The van der Waals surface area contributed by atoms with E-state index in [0.29, 0.717) is 18.9 Å². The van der Waals surface area contributed by atoms with Gasteiger partial charge in [-0.05, 0) is 62.1 Å². The Hall–Kier alpha value is -3.54. The maximum absolute atomic E-state index is 12.2. The standard InChI is InChI=1S/C25H27N3O3/c1-18-9-7-10-19(2)24(18)31-15-6-5-14-28-21-12-4-3-11-20(21)27-23(28)17-26-25(29)22-13-8-16-30-22/h3-4,7-13,16H,5-6,14-15,17H2,1-2H3,(H,26,29). The fraction of sp³-hybridized carbons (Fsp3) is 0.280. The molecular weight excluding hydrogens is 390 g/mol. The molecule has 0 spiro atoms. The molecule has 4 aromatic rings. The van der Waals surface area contributed by atoms with Gasteiger partial charge in [0.05, 0.1) is 30.4 Å². The summed E-state index contributed by atoms with van der Waals surface area (Å²) in [6.07, 6.45) is 3.37. The zero-order valence-electron chi connectivity index (χ0n) is 17.9. The van der Waals surface area contributed by atoms with Crippen LogP contribution in [0.25, 0.3) is 11.0 Å². The Morgan fingerprint density at radius 2 is 1.84 bits per heavy atom. The number of fused-ring (bicyclic) bond motifs is 1. The van der Waals surface area contributed by atoms with E-state index in [1.807, 2.05) is 24.3 Å². The van der Waals surface area contributed by atoms with Gasteiger partial charge in [0.1, 0.15) is 11.6 Å². The lowest BCUT2D eigenvalue weighted by atomic mass is 10.1. The number of benzene rings is 2. The van der Waals surface area contributed by atoms with Gasteiger partial charge in [0.25, 0.3) is 5.91 Å². The molecule has 0 aliphatic rings. The molecule has 0 bridgehead atoms. The lowest BCUT2D eigenvalue weighted by Gasteiger charge is -2.13. The van der Waals surface area contributed by atoms with Gasteiger partial charge >= 0.3 is 0 Å². The average Bonchev–Trinajstić information content (AvgIpc) is 3.42. The van der Waals surface area contributed by atoms with Gasteiger partial charge in [-0.3, -0.25) is 4.79 Å². The first-order valence-corrected chi connectivity index (χ1v) is 10.6. The summed E-state index contributed by atoms with van der Waals surface area (Å²) in [5, 5.41) is 2.90. The number of unbranched alkanes of at least 4 members (excludes halogenated alkanes) is 1. The molecule has 6 heteroatoms. The average molecular weight is 418 g/mol. The first-order chi connectivity index (χ1) is 15.1. The smallest absolute Gasteiger partial charge is 0.287 e. The summed E-state index contributed by atoms with van der Waals surface area (Å²) < 4.78 is 13.4. The zero-order chi connectivity index (χ0) is 21.6. The molecular formula is C25H27N3O3. The normalized spacial score (nSPS) is 11.0. The summed E-state index contributed by atoms with van der Waals surface area (Å²) in [4.78, 5) is 17.0. The highest BCUT2D eigenvalue weighted by Crippen LogP contribution is 2.23. The van der Waals surface area contributed by atoms with Crippen molar-refractivity contribution in [1.29, 1.82) is 0 Å². The van der Waals surface area contributed by atoms with E-state index in [0.717, 1.165) is 53.1 Å². The minimum atomic E-state index is -0.245. The Morgan fingerprint density at radius 3 is 2.61 bits per heavy atom. The fourth-order valence-corrected chi connectivity index (χ4v) is 3.74. The predicted molar refractivity (Wildman–Crippen MR) is 120 cm³/mol. The van der Waals surface area contributed by atoms with E-state index in [1.54, 1.807) is 12.1 Å². The second-order valence-corrected chi connectivity index (χ2v) is 7.60. The number of nitrogens with zero attached hydrogens (tertiary/aromatic N) is 2. The molecule has 0 fully saturated rings. The number of para-hydroxylation sites is 3. The van der Waals surface area contributed by atoms with Crippen LogP contribution in [0.1, 0.15) is 40.3 Å². The molecule has 0 atom stereocenters. The highest BCUT2D eigenvalue weighted by atomic mass is 16.5. The van der Waals surface area contributed by atoms with E-state index in [2.05, 4.69) is 41.9 Å². The Morgan fingerprint density at radius 1 is 1.03 bits per heavy atom. The summed E-state index contributed by atoms with van der Waals surface area (Å²) in [7, 11) is 0. The number of aryl methyl sites for hydroxylation is 3. The van der Waals surface area contributed by atoms with Gasteiger partial charge in [0.15, 0.2) is 5.76 Å². The van der Waals surface area contributed by atoms with Gasteiger partial charge in [-0.2, -0.15) is 0 Å². The first-order valence-electron chi connectivity index (χ1n) is 10.6. The highest BCUT2D eigenvalue weighted by molar-refractivity contribution is 5.91. The number of carbonyl (C=O) groups is 1. The third-order valence-electron chi connectivity index (χ3n) is 5.32. The summed E-state index contributed by atoms with van der Waals surface area (Å²) in [5.41, 5.74) is 4.32. The molecule has 2 aromatic heterocycles. The molecule has 2 aromatic carbocycles. The lowest BCUT2D eigenvalue weighted by molar-refractivity contribution is 0.0921. The van der Waals surface area contributed by atoms with Crippen LogP contribution < -0.4 is 10.1 Å². The van der Waals surface area contributed by atoms with Gasteiger partial charge in [0.2, 0.25) is 0 Å². The minimum Gasteiger partial charge on any atom is -0.493 e. The van der Waals surface area contributed by atoms with Crippen molar-refractivity contribution >= 4 is 16.9 Å². The number of furan rings is 1. The van der Waals surface area contributed by atoms with Crippen LogP contribution in [0.15, 0.2) is 65.3 Å². The van der Waals surface area contributed by atoms with Crippen molar-refractivity contribution in [2.75, 3.05) is 6.61 Å². The van der Waals surface area contributed by atoms with Crippen LogP contribution in [-0.2, 0) is 13.1 Å². The van der Waals surface area contributed by atoms with Gasteiger partial charge in [0, 0.05) is 6.54 Å². The van der Waals surface area contributed by atoms with Crippen molar-refractivity contribution in [3.63, 3.8) is 0 Å². The third kappa shape index (κ3) is 4.79. The maximum Gasteiger partial charge on any atom is 0.287 e. The number of rotatable bonds is 9. The monoisotopic (exact) mass is 417 g/mol. The largest absolute Gasteiger partial charge is 0.493 e. The first kappa shape index (κ1) is 20.7. The second kappa shape index (κ2) is 9.51. The Balaban J connectivity index is 1.38. The van der Waals surface area contributed by atoms with Crippen LogP contribution in [0, 0.1) is 13.8 Å². The number of aromatic nitrogens is 2. The van der Waals surface area contributed by atoms with E-state index in [-0.39, 0.29) is 5.91 Å². The molecule has 0 radical (unpaired) electrons. The number of ether oxygens (including phenoxy) is 1. The Labute approximate surface area is 181 Å². The van der Waals surface area contributed by atoms with Gasteiger partial charge in [-0.15, -0.1) is 0 Å². The van der Waals surface area contributed by atoms with Crippen LogP contribution in [0.5, 0.6) is 5.75 Å². The lowest BCUT2D eigenvalue weighted by Crippen LogP contribution is -2.24. The van der Waals surface area contributed by atoms with Gasteiger partial charge in [-0.1, -0.05) is 30.3 Å². The van der Waals surface area contributed by atoms with E-state index in [9.17, 15) is 4.79 Å². The van der Waals surface area contributed by atoms with Crippen molar-refractivity contribution in [3.05, 3.63) is 83.6 Å². The number of carbonyl (C=O) groups excluding carboxylic acids is 1. The number of nitrogens with one attached hydrogen (secondary N) is 1. The molecule has 2 heterocycles. The van der Waals surface area contributed by atoms with Gasteiger partial charge in [-0.25, -0.2) is 4.98 Å². The molecule has 6 nitrogen and oxygen atoms in total. The molecule has 0 aliphatic carbocycles. The van der Waals surface area contributed by atoms with Crippen molar-refractivity contribution in [1.82, 2.24) is 14.9 Å². The van der Waals surface area contributed by atoms with Crippen LogP contribution >= 0.6 is 0 Å². The van der Waals surface area contributed by atoms with Gasteiger partial charge < -0.3 is 19.0 Å². The van der Waals surface area contributed by atoms with Crippen molar-refractivity contribution < 1.29 is 13.9 Å². The molecule has 1 N–H and O–H groups in total. The predicted octanol–water partition coefficient (Wildman–Crippen LogP) is 5.04. The van der Waals surface area contributed by atoms with Crippen LogP contribution in [-0.4, -0.2) is 22.1 Å². The molecule has 0 aliphatic heterocycles. The summed E-state index contributed by atoms with van der Waals surface area (Å²) in [6.45, 7) is 5.96. The second-order valence-electron chi connectivity index (χ2n) is 7.60. The molecule has 4 rings (SSSR count). The van der Waals surface area contributed by atoms with E-state index in [4.69, 9.17) is 14.1 Å². The number of hydrogen-bond donors (Lipinski definition) is 1. The Kier molecular flexibility index (Phi) is 6.36. The van der Waals surface area contributed by atoms with Crippen LogP contribution in [0.4, 0.5) is 0 Å². The molecule has 0 unspecified atom stereocenters. The van der Waals surface area contributed by atoms with E-state index in [1.165, 1.54) is 6.26 Å². The molecule has 0 saturated heterocycles. The minimum absolute atomic E-state index is 0.245. The summed E-state index contributed by atoms with van der Waals surface area (Å²) >= 11 is 0. The number of amides is 1. The fourth-order valence-electron chi connectivity index (χ4n) is 3.74. The van der Waals surface area contributed by atoms with Crippen LogP contribution in [0.3, 0.4) is 0 Å². The maximum atomic E-state index is 12.2.